The molecule has 0 aliphatic carbocycles. The van der Waals surface area contributed by atoms with Crippen molar-refractivity contribution in [3.63, 3.8) is 0 Å². The van der Waals surface area contributed by atoms with Gasteiger partial charge in [0.1, 0.15) is 0 Å². The van der Waals surface area contributed by atoms with Crippen molar-refractivity contribution in [1.29, 1.82) is 0 Å². The third-order valence-corrected chi connectivity index (χ3v) is 1.51. The van der Waals surface area contributed by atoms with Crippen molar-refractivity contribution >= 4 is 28.6 Å². The number of nitrogens with one attached hydrogen (secondary N) is 1. The van der Waals surface area contributed by atoms with Crippen LogP contribution in [0.25, 0.3) is 0 Å². The number of aromatic amines is 1. The predicted molar refractivity (Wildman–Crippen MR) is 39.0 cm³/mol. The van der Waals surface area contributed by atoms with Gasteiger partial charge in [-0.15, -0.1) is 0 Å². The van der Waals surface area contributed by atoms with E-state index in [1.54, 1.807) is 6.20 Å². The molecule has 1 rings (SSSR count). The number of hydrogen-bond donors (Lipinski definition) is 2. The van der Waals surface area contributed by atoms with Gasteiger partial charge in [-0.25, -0.2) is 4.98 Å². The molecule has 1 heterocycles. The Bertz CT molecular complexity index is 174. The SMILES string of the molecule is SCc1cnc(Br)[nH]1. The number of rotatable bonds is 1. The van der Waals surface area contributed by atoms with Gasteiger partial charge in [0.05, 0.1) is 0 Å². The summed E-state index contributed by atoms with van der Waals surface area (Å²) in [4.78, 5) is 6.85. The van der Waals surface area contributed by atoms with E-state index in [-0.39, 0.29) is 0 Å². The lowest BCUT2D eigenvalue weighted by Crippen LogP contribution is -1.72. The first-order chi connectivity index (χ1) is 3.83. The topological polar surface area (TPSA) is 28.7 Å². The van der Waals surface area contributed by atoms with E-state index < -0.39 is 0 Å². The van der Waals surface area contributed by atoms with E-state index in [9.17, 15) is 0 Å². The second kappa shape index (κ2) is 2.55. The molecular weight excluding hydrogens is 188 g/mol. The van der Waals surface area contributed by atoms with Crippen LogP contribution in [0.2, 0.25) is 0 Å². The van der Waals surface area contributed by atoms with Crippen LogP contribution < -0.4 is 0 Å². The Morgan fingerprint density at radius 3 is 2.88 bits per heavy atom. The maximum absolute atomic E-state index is 4.03. The van der Waals surface area contributed by atoms with Gasteiger partial charge in [-0.3, -0.25) is 0 Å². The van der Waals surface area contributed by atoms with Crippen LogP contribution in [0.15, 0.2) is 10.9 Å². The summed E-state index contributed by atoms with van der Waals surface area (Å²) >= 11 is 7.20. The van der Waals surface area contributed by atoms with Crippen molar-refractivity contribution in [2.75, 3.05) is 0 Å². The van der Waals surface area contributed by atoms with Gasteiger partial charge in [-0.1, -0.05) is 0 Å². The second-order valence-electron chi connectivity index (χ2n) is 1.36. The van der Waals surface area contributed by atoms with Crippen molar-refractivity contribution in [2.45, 2.75) is 5.75 Å². The fourth-order valence-electron chi connectivity index (χ4n) is 0.412. The average Bonchev–Trinajstić information content (AvgIpc) is 2.14. The summed E-state index contributed by atoms with van der Waals surface area (Å²) in [7, 11) is 0. The Morgan fingerprint density at radius 1 is 1.88 bits per heavy atom. The lowest BCUT2D eigenvalue weighted by molar-refractivity contribution is 1.19. The van der Waals surface area contributed by atoms with Gasteiger partial charge in [-0.2, -0.15) is 12.6 Å². The van der Waals surface area contributed by atoms with Crippen LogP contribution in [0, 0.1) is 0 Å². The quantitative estimate of drug-likeness (QED) is 0.651. The number of imidazole rings is 1. The molecule has 0 aliphatic rings. The van der Waals surface area contributed by atoms with E-state index in [1.807, 2.05) is 0 Å². The van der Waals surface area contributed by atoms with E-state index >= 15 is 0 Å². The minimum absolute atomic E-state index is 0.707. The van der Waals surface area contributed by atoms with Gasteiger partial charge in [-0.05, 0) is 15.9 Å². The molecule has 4 heteroatoms. The Labute approximate surface area is 61.2 Å². The maximum atomic E-state index is 4.03. The number of halogens is 1. The monoisotopic (exact) mass is 192 g/mol. The highest BCUT2D eigenvalue weighted by atomic mass is 79.9. The molecule has 8 heavy (non-hydrogen) atoms. The van der Waals surface area contributed by atoms with Crippen LogP contribution >= 0.6 is 28.6 Å². The Morgan fingerprint density at radius 2 is 2.62 bits per heavy atom. The summed E-state index contributed by atoms with van der Waals surface area (Å²) in [6, 6.07) is 0. The Kier molecular flexibility index (Phi) is 1.96. The highest BCUT2D eigenvalue weighted by Gasteiger charge is 1.91. The van der Waals surface area contributed by atoms with Gasteiger partial charge in [0.15, 0.2) is 4.73 Å². The molecule has 0 amide bonds. The van der Waals surface area contributed by atoms with Crippen molar-refractivity contribution < 1.29 is 0 Å². The normalized spacial score (nSPS) is 9.75. The smallest absolute Gasteiger partial charge is 0.174 e. The molecule has 0 saturated heterocycles. The van der Waals surface area contributed by atoms with Gasteiger partial charge in [0, 0.05) is 17.6 Å². The number of thiol groups is 1. The first kappa shape index (κ1) is 6.16. The molecule has 0 saturated carbocycles. The summed E-state index contributed by atoms with van der Waals surface area (Å²) in [5, 5.41) is 0. The summed E-state index contributed by atoms with van der Waals surface area (Å²) in [6.07, 6.45) is 1.75. The Hall–Kier alpha value is 0.0400. The molecule has 0 bridgehead atoms. The van der Waals surface area contributed by atoms with Gasteiger partial charge < -0.3 is 4.98 Å². The zero-order valence-corrected chi connectivity index (χ0v) is 6.54. The van der Waals surface area contributed by atoms with Crippen LogP contribution in [-0.2, 0) is 5.75 Å². The minimum atomic E-state index is 0.707. The fourth-order valence-corrected chi connectivity index (χ4v) is 0.930. The van der Waals surface area contributed by atoms with Crippen LogP contribution in [0.1, 0.15) is 5.69 Å². The predicted octanol–water partition coefficient (Wildman–Crippen LogP) is 1.60. The van der Waals surface area contributed by atoms with Crippen LogP contribution in [-0.4, -0.2) is 9.97 Å². The average molecular weight is 193 g/mol. The summed E-state index contributed by atoms with van der Waals surface area (Å²) in [5.74, 6) is 0.707. The number of hydrogen-bond acceptors (Lipinski definition) is 2. The third kappa shape index (κ3) is 1.26. The molecule has 0 spiro atoms. The molecule has 1 aromatic rings. The van der Waals surface area contributed by atoms with Crippen molar-refractivity contribution in [1.82, 2.24) is 9.97 Å². The summed E-state index contributed by atoms with van der Waals surface area (Å²) in [6.45, 7) is 0. The summed E-state index contributed by atoms with van der Waals surface area (Å²) < 4.78 is 0.765. The molecule has 0 atom stereocenters. The molecule has 1 aromatic heterocycles. The van der Waals surface area contributed by atoms with Crippen LogP contribution in [0.5, 0.6) is 0 Å². The molecule has 44 valence electrons. The van der Waals surface area contributed by atoms with Crippen molar-refractivity contribution in [3.8, 4) is 0 Å². The molecule has 0 fully saturated rings. The first-order valence-corrected chi connectivity index (χ1v) is 3.55. The molecule has 0 aliphatic heterocycles. The maximum Gasteiger partial charge on any atom is 0.174 e. The molecule has 1 N–H and O–H groups in total. The number of nitrogens with zero attached hydrogens (tertiary/aromatic N) is 1. The fraction of sp³-hybridized carbons (Fsp3) is 0.250. The van der Waals surface area contributed by atoms with E-state index in [2.05, 4.69) is 38.5 Å². The van der Waals surface area contributed by atoms with Gasteiger partial charge in [0.2, 0.25) is 0 Å². The Balaban J connectivity index is 2.84. The zero-order valence-electron chi connectivity index (χ0n) is 4.06. The van der Waals surface area contributed by atoms with Gasteiger partial charge in [0.25, 0.3) is 0 Å². The number of aromatic nitrogens is 2. The van der Waals surface area contributed by atoms with Gasteiger partial charge >= 0.3 is 0 Å². The molecular formula is C4H5BrN2S. The first-order valence-electron chi connectivity index (χ1n) is 2.13. The van der Waals surface area contributed by atoms with E-state index in [1.165, 1.54) is 0 Å². The van der Waals surface area contributed by atoms with Crippen molar-refractivity contribution in [3.05, 3.63) is 16.6 Å². The van der Waals surface area contributed by atoms with Crippen LogP contribution in [0.4, 0.5) is 0 Å². The van der Waals surface area contributed by atoms with Crippen molar-refractivity contribution in [2.24, 2.45) is 0 Å². The zero-order chi connectivity index (χ0) is 5.98. The third-order valence-electron chi connectivity index (χ3n) is 0.768. The largest absolute Gasteiger partial charge is 0.336 e. The minimum Gasteiger partial charge on any atom is -0.336 e. The lowest BCUT2D eigenvalue weighted by Gasteiger charge is -1.80. The molecule has 0 aromatic carbocycles. The second-order valence-corrected chi connectivity index (χ2v) is 2.42. The van der Waals surface area contributed by atoms with E-state index in [0.29, 0.717) is 5.75 Å². The molecule has 0 radical (unpaired) electrons. The highest BCUT2D eigenvalue weighted by molar-refractivity contribution is 9.10. The highest BCUT2D eigenvalue weighted by Crippen LogP contribution is 2.04. The lowest BCUT2D eigenvalue weighted by atomic mass is 10.6. The molecule has 2 nitrogen and oxygen atoms in total. The van der Waals surface area contributed by atoms with E-state index in [0.717, 1.165) is 10.4 Å². The number of H-pyrrole nitrogens is 1. The van der Waals surface area contributed by atoms with E-state index in [4.69, 9.17) is 0 Å². The summed E-state index contributed by atoms with van der Waals surface area (Å²) in [5.41, 5.74) is 1.03. The standard InChI is InChI=1S/C4H5BrN2S/c5-4-6-1-3(2-8)7-4/h1,8H,2H2,(H,6,7). The van der Waals surface area contributed by atoms with Crippen LogP contribution in [0.3, 0.4) is 0 Å². The molecule has 0 unspecified atom stereocenters.